The van der Waals surface area contributed by atoms with E-state index < -0.39 is 12.3 Å². The van der Waals surface area contributed by atoms with E-state index in [9.17, 15) is 13.6 Å². The fourth-order valence-corrected chi connectivity index (χ4v) is 1.41. The van der Waals surface area contributed by atoms with Crippen molar-refractivity contribution in [1.29, 1.82) is 0 Å². The number of carbonyl (C=O) groups is 1. The van der Waals surface area contributed by atoms with Crippen LogP contribution in [0.15, 0.2) is 0 Å². The molecule has 1 amide bonds. The van der Waals surface area contributed by atoms with Gasteiger partial charge in [-0.3, -0.25) is 4.79 Å². The van der Waals surface area contributed by atoms with Crippen molar-refractivity contribution in [2.24, 2.45) is 0 Å². The minimum atomic E-state index is -2.90. The summed E-state index contributed by atoms with van der Waals surface area (Å²) in [7, 11) is 1.42. The molecule has 0 radical (unpaired) electrons. The van der Waals surface area contributed by atoms with E-state index in [1.807, 2.05) is 0 Å². The number of amides is 1. The number of halogens is 2. The highest BCUT2D eigenvalue weighted by molar-refractivity contribution is 5.79. The molecule has 0 aromatic heterocycles. The van der Waals surface area contributed by atoms with Gasteiger partial charge in [0.25, 0.3) is 5.91 Å². The lowest BCUT2D eigenvalue weighted by Gasteiger charge is -2.30. The van der Waals surface area contributed by atoms with Gasteiger partial charge in [0.2, 0.25) is 0 Å². The Balaban J connectivity index is 2.45. The quantitative estimate of drug-likeness (QED) is 0.651. The molecule has 1 rings (SSSR count). The van der Waals surface area contributed by atoms with Crippen LogP contribution in [0.3, 0.4) is 0 Å². The van der Waals surface area contributed by atoms with E-state index in [0.717, 1.165) is 4.90 Å². The molecule has 1 heterocycles. The fraction of sp³-hybridized carbons (Fsp3) is 0.875. The summed E-state index contributed by atoms with van der Waals surface area (Å²) in [6.07, 6.45) is -1.60. The molecule has 3 nitrogen and oxygen atoms in total. The number of carbonyl (C=O) groups excluding carboxylic acids is 1. The molecule has 0 unspecified atom stereocenters. The maximum Gasteiger partial charge on any atom is 0.315 e. The second-order valence-electron chi connectivity index (χ2n) is 3.09. The largest absolute Gasteiger partial charge is 0.381 e. The molecule has 0 aliphatic carbocycles. The summed E-state index contributed by atoms with van der Waals surface area (Å²) in [4.78, 5) is 12.0. The topological polar surface area (TPSA) is 29.5 Å². The van der Waals surface area contributed by atoms with Gasteiger partial charge < -0.3 is 9.64 Å². The van der Waals surface area contributed by atoms with Crippen LogP contribution >= 0.6 is 0 Å². The highest BCUT2D eigenvalue weighted by Crippen LogP contribution is 2.14. The monoisotopic (exact) mass is 193 g/mol. The van der Waals surface area contributed by atoms with Gasteiger partial charge in [0, 0.05) is 26.3 Å². The second-order valence-corrected chi connectivity index (χ2v) is 3.09. The van der Waals surface area contributed by atoms with Gasteiger partial charge >= 0.3 is 6.43 Å². The zero-order chi connectivity index (χ0) is 9.84. The first-order valence-corrected chi connectivity index (χ1v) is 4.25. The number of nitrogens with zero attached hydrogens (tertiary/aromatic N) is 1. The molecule has 0 aromatic carbocycles. The zero-order valence-electron chi connectivity index (χ0n) is 7.50. The number of alkyl halides is 2. The van der Waals surface area contributed by atoms with Crippen molar-refractivity contribution < 1.29 is 18.3 Å². The third kappa shape index (κ3) is 2.62. The maximum atomic E-state index is 12.0. The Morgan fingerprint density at radius 2 is 2.00 bits per heavy atom. The molecule has 0 aromatic rings. The first kappa shape index (κ1) is 10.4. The maximum absolute atomic E-state index is 12.0. The minimum absolute atomic E-state index is 0.0877. The van der Waals surface area contributed by atoms with Crippen LogP contribution in [0.1, 0.15) is 12.8 Å². The summed E-state index contributed by atoms with van der Waals surface area (Å²) in [5.74, 6) is -1.09. The molecular formula is C8H13F2NO2. The molecular weight excluding hydrogens is 180 g/mol. The predicted molar refractivity (Wildman–Crippen MR) is 42.6 cm³/mol. The van der Waals surface area contributed by atoms with Crippen molar-refractivity contribution in [2.75, 3.05) is 20.3 Å². The van der Waals surface area contributed by atoms with Crippen molar-refractivity contribution in [1.82, 2.24) is 4.90 Å². The normalized spacial score (nSPS) is 19.1. The SMILES string of the molecule is CN(C(=O)C(F)F)C1CCOCC1. The summed E-state index contributed by atoms with van der Waals surface area (Å²) >= 11 is 0. The van der Waals surface area contributed by atoms with E-state index in [1.54, 1.807) is 0 Å². The summed E-state index contributed by atoms with van der Waals surface area (Å²) in [5, 5.41) is 0. The average Bonchev–Trinajstić information content (AvgIpc) is 2.17. The van der Waals surface area contributed by atoms with Gasteiger partial charge in [-0.2, -0.15) is 8.78 Å². The highest BCUT2D eigenvalue weighted by atomic mass is 19.3. The first-order chi connectivity index (χ1) is 6.13. The van der Waals surface area contributed by atoms with Gasteiger partial charge in [-0.05, 0) is 12.8 Å². The fourth-order valence-electron chi connectivity index (χ4n) is 1.41. The lowest BCUT2D eigenvalue weighted by molar-refractivity contribution is -0.145. The molecule has 1 saturated heterocycles. The van der Waals surface area contributed by atoms with Crippen LogP contribution in [0.25, 0.3) is 0 Å². The van der Waals surface area contributed by atoms with Gasteiger partial charge in [-0.15, -0.1) is 0 Å². The molecule has 76 valence electrons. The standard InChI is InChI=1S/C8H13F2NO2/c1-11(8(12)7(9)10)6-2-4-13-5-3-6/h6-7H,2-5H2,1H3. The molecule has 13 heavy (non-hydrogen) atoms. The van der Waals surface area contributed by atoms with E-state index in [0.29, 0.717) is 26.1 Å². The Morgan fingerprint density at radius 1 is 1.46 bits per heavy atom. The predicted octanol–water partition coefficient (Wildman–Crippen LogP) is 0.889. The summed E-state index contributed by atoms with van der Waals surface area (Å²) in [5.41, 5.74) is 0. The van der Waals surface area contributed by atoms with E-state index in [1.165, 1.54) is 7.05 Å². The summed E-state index contributed by atoms with van der Waals surface area (Å²) < 4.78 is 29.1. The number of ether oxygens (including phenoxy) is 1. The van der Waals surface area contributed by atoms with Crippen LogP contribution in [0.2, 0.25) is 0 Å². The van der Waals surface area contributed by atoms with Crippen molar-refractivity contribution in [3.8, 4) is 0 Å². The Hall–Kier alpha value is -0.710. The Bertz CT molecular complexity index is 181. The number of hydrogen-bond donors (Lipinski definition) is 0. The molecule has 0 atom stereocenters. The lowest BCUT2D eigenvalue weighted by Crippen LogP contribution is -2.43. The smallest absolute Gasteiger partial charge is 0.315 e. The zero-order valence-corrected chi connectivity index (χ0v) is 7.50. The molecule has 1 fully saturated rings. The van der Waals surface area contributed by atoms with Gasteiger partial charge in [-0.25, -0.2) is 0 Å². The van der Waals surface area contributed by atoms with Crippen molar-refractivity contribution in [3.05, 3.63) is 0 Å². The Morgan fingerprint density at radius 3 is 2.46 bits per heavy atom. The van der Waals surface area contributed by atoms with E-state index in [2.05, 4.69) is 0 Å². The van der Waals surface area contributed by atoms with Gasteiger partial charge in [-0.1, -0.05) is 0 Å². The molecule has 0 spiro atoms. The van der Waals surface area contributed by atoms with E-state index in [-0.39, 0.29) is 6.04 Å². The van der Waals surface area contributed by atoms with Gasteiger partial charge in [0.05, 0.1) is 0 Å². The van der Waals surface area contributed by atoms with Crippen LogP contribution in [0.4, 0.5) is 8.78 Å². The minimum Gasteiger partial charge on any atom is -0.381 e. The van der Waals surface area contributed by atoms with Crippen molar-refractivity contribution >= 4 is 5.91 Å². The summed E-state index contributed by atoms with van der Waals surface area (Å²) in [6.45, 7) is 1.09. The Kier molecular flexibility index (Phi) is 3.59. The average molecular weight is 193 g/mol. The molecule has 0 N–H and O–H groups in total. The molecule has 0 saturated carbocycles. The molecule has 0 bridgehead atoms. The van der Waals surface area contributed by atoms with Crippen LogP contribution in [0, 0.1) is 0 Å². The highest BCUT2D eigenvalue weighted by Gasteiger charge is 2.27. The van der Waals surface area contributed by atoms with Crippen LogP contribution in [0.5, 0.6) is 0 Å². The molecule has 1 aliphatic rings. The number of hydrogen-bond acceptors (Lipinski definition) is 2. The van der Waals surface area contributed by atoms with Crippen LogP contribution in [-0.4, -0.2) is 43.5 Å². The third-order valence-corrected chi connectivity index (χ3v) is 2.27. The van der Waals surface area contributed by atoms with Crippen molar-refractivity contribution in [2.45, 2.75) is 25.3 Å². The summed E-state index contributed by atoms with van der Waals surface area (Å²) in [6, 6.07) is -0.0877. The van der Waals surface area contributed by atoms with Gasteiger partial charge in [0.1, 0.15) is 0 Å². The van der Waals surface area contributed by atoms with E-state index in [4.69, 9.17) is 4.74 Å². The van der Waals surface area contributed by atoms with Crippen molar-refractivity contribution in [3.63, 3.8) is 0 Å². The van der Waals surface area contributed by atoms with E-state index >= 15 is 0 Å². The Labute approximate surface area is 75.7 Å². The van der Waals surface area contributed by atoms with Crippen LogP contribution < -0.4 is 0 Å². The molecule has 1 aliphatic heterocycles. The first-order valence-electron chi connectivity index (χ1n) is 4.25. The lowest BCUT2D eigenvalue weighted by atomic mass is 10.1. The van der Waals surface area contributed by atoms with Crippen LogP contribution in [-0.2, 0) is 9.53 Å². The molecule has 5 heteroatoms. The second kappa shape index (κ2) is 4.50. The number of rotatable bonds is 2. The third-order valence-electron chi connectivity index (χ3n) is 2.27. The van der Waals surface area contributed by atoms with Gasteiger partial charge in [0.15, 0.2) is 0 Å².